The summed E-state index contributed by atoms with van der Waals surface area (Å²) >= 11 is 0. The molecular weight excluding hydrogens is 232 g/mol. The van der Waals surface area contributed by atoms with E-state index in [-0.39, 0.29) is 12.1 Å². The second-order valence-electron chi connectivity index (χ2n) is 4.50. The molecule has 2 rings (SSSR count). The monoisotopic (exact) mass is 254 g/mol. The fourth-order valence-electron chi connectivity index (χ4n) is 2.49. The molecule has 2 unspecified atom stereocenters. The summed E-state index contributed by atoms with van der Waals surface area (Å²) < 4.78 is 12.9. The number of ether oxygens (including phenoxy) is 2. The molecule has 6 heteroatoms. The molecule has 1 aliphatic heterocycles. The topological polar surface area (TPSA) is 74.3 Å². The van der Waals surface area contributed by atoms with E-state index in [2.05, 4.69) is 17.4 Å². The smallest absolute Gasteiger partial charge is 0.161 e. The van der Waals surface area contributed by atoms with E-state index in [4.69, 9.17) is 15.3 Å². The molecule has 0 spiro atoms. The molecule has 0 aromatic carbocycles. The molecule has 0 bridgehead atoms. The van der Waals surface area contributed by atoms with Crippen molar-refractivity contribution in [2.75, 3.05) is 13.7 Å². The van der Waals surface area contributed by atoms with Crippen molar-refractivity contribution in [3.8, 4) is 5.75 Å². The Balaban J connectivity index is 2.16. The number of hydrogen-bond acceptors (Lipinski definition) is 5. The summed E-state index contributed by atoms with van der Waals surface area (Å²) in [5.41, 5.74) is 3.86. The predicted molar refractivity (Wildman–Crippen MR) is 68.1 cm³/mol. The number of nitrogens with one attached hydrogen (secondary N) is 1. The molecular formula is C12H22N4O2. The molecule has 1 saturated heterocycles. The van der Waals surface area contributed by atoms with Gasteiger partial charge in [-0.15, -0.1) is 0 Å². The summed E-state index contributed by atoms with van der Waals surface area (Å²) in [7, 11) is 1.65. The molecule has 0 amide bonds. The van der Waals surface area contributed by atoms with Crippen LogP contribution >= 0.6 is 0 Å². The van der Waals surface area contributed by atoms with Crippen molar-refractivity contribution in [3.63, 3.8) is 0 Å². The zero-order valence-electron chi connectivity index (χ0n) is 11.1. The second-order valence-corrected chi connectivity index (χ2v) is 4.50. The molecule has 2 atom stereocenters. The minimum absolute atomic E-state index is 0.00509. The van der Waals surface area contributed by atoms with Crippen LogP contribution in [-0.2, 0) is 11.3 Å². The first-order chi connectivity index (χ1) is 8.80. The van der Waals surface area contributed by atoms with Crippen LogP contribution in [0.4, 0.5) is 0 Å². The van der Waals surface area contributed by atoms with Gasteiger partial charge in [-0.1, -0.05) is 0 Å². The first-order valence-electron chi connectivity index (χ1n) is 6.47. The molecule has 6 nitrogen and oxygen atoms in total. The van der Waals surface area contributed by atoms with E-state index in [1.165, 1.54) is 0 Å². The van der Waals surface area contributed by atoms with Crippen molar-refractivity contribution in [2.24, 2.45) is 5.84 Å². The van der Waals surface area contributed by atoms with Crippen LogP contribution in [0.1, 0.15) is 37.9 Å². The van der Waals surface area contributed by atoms with Crippen molar-refractivity contribution in [1.82, 2.24) is 15.2 Å². The summed E-state index contributed by atoms with van der Waals surface area (Å²) in [6.45, 7) is 3.70. The normalized spacial score (nSPS) is 21.2. The summed E-state index contributed by atoms with van der Waals surface area (Å²) in [4.78, 5) is 0. The fourth-order valence-corrected chi connectivity index (χ4v) is 2.49. The maximum atomic E-state index is 5.69. The highest BCUT2D eigenvalue weighted by Gasteiger charge is 2.26. The molecule has 0 aliphatic carbocycles. The third kappa shape index (κ3) is 2.66. The molecule has 2 heterocycles. The van der Waals surface area contributed by atoms with Gasteiger partial charge in [-0.25, -0.2) is 0 Å². The van der Waals surface area contributed by atoms with Gasteiger partial charge in [-0.3, -0.25) is 16.0 Å². The van der Waals surface area contributed by atoms with E-state index in [9.17, 15) is 0 Å². The molecule has 0 radical (unpaired) electrons. The largest absolute Gasteiger partial charge is 0.493 e. The van der Waals surface area contributed by atoms with Crippen molar-refractivity contribution in [2.45, 2.75) is 44.9 Å². The van der Waals surface area contributed by atoms with Crippen LogP contribution in [-0.4, -0.2) is 29.6 Å². The van der Waals surface area contributed by atoms with Gasteiger partial charge in [0, 0.05) is 13.2 Å². The Morgan fingerprint density at radius 2 is 2.56 bits per heavy atom. The molecule has 102 valence electrons. The lowest BCUT2D eigenvalue weighted by atomic mass is 10.0. The molecule has 0 saturated carbocycles. The molecule has 1 fully saturated rings. The first-order valence-corrected chi connectivity index (χ1v) is 6.47. The SMILES string of the molecule is CCn1ncc(OC)c1C(CC1CCCO1)NN. The van der Waals surface area contributed by atoms with Crippen LogP contribution < -0.4 is 16.0 Å². The van der Waals surface area contributed by atoms with Crippen molar-refractivity contribution < 1.29 is 9.47 Å². The average Bonchev–Trinajstić information content (AvgIpc) is 3.04. The van der Waals surface area contributed by atoms with Crippen LogP contribution in [0.2, 0.25) is 0 Å². The summed E-state index contributed by atoms with van der Waals surface area (Å²) in [6.07, 6.45) is 5.08. The number of aromatic nitrogens is 2. The standard InChI is InChI=1S/C12H22N4O2/c1-3-16-12(11(17-2)8-14-16)10(15-13)7-9-5-4-6-18-9/h8-10,15H,3-7,13H2,1-2H3. The Labute approximate surface area is 107 Å². The van der Waals surface area contributed by atoms with Gasteiger partial charge < -0.3 is 9.47 Å². The Kier molecular flexibility index (Phi) is 4.57. The van der Waals surface area contributed by atoms with Gasteiger partial charge in [0.1, 0.15) is 0 Å². The van der Waals surface area contributed by atoms with E-state index < -0.39 is 0 Å². The number of nitrogens with zero attached hydrogens (tertiary/aromatic N) is 2. The van der Waals surface area contributed by atoms with Crippen LogP contribution in [0.5, 0.6) is 5.75 Å². The highest BCUT2D eigenvalue weighted by molar-refractivity contribution is 5.28. The predicted octanol–water partition coefficient (Wildman–Crippen LogP) is 0.985. The Morgan fingerprint density at radius 1 is 1.72 bits per heavy atom. The zero-order chi connectivity index (χ0) is 13.0. The lowest BCUT2D eigenvalue weighted by Crippen LogP contribution is -2.32. The first kappa shape index (κ1) is 13.3. The molecule has 18 heavy (non-hydrogen) atoms. The van der Waals surface area contributed by atoms with Gasteiger partial charge >= 0.3 is 0 Å². The number of methoxy groups -OCH3 is 1. The number of nitrogens with two attached hydrogens (primary N) is 1. The highest BCUT2D eigenvalue weighted by atomic mass is 16.5. The molecule has 1 aromatic rings. The van der Waals surface area contributed by atoms with Crippen LogP contribution in [0.15, 0.2) is 6.20 Å². The minimum atomic E-state index is 0.00509. The van der Waals surface area contributed by atoms with E-state index in [0.717, 1.165) is 43.9 Å². The fraction of sp³-hybridized carbons (Fsp3) is 0.750. The second kappa shape index (κ2) is 6.17. The molecule has 3 N–H and O–H groups in total. The van der Waals surface area contributed by atoms with E-state index in [1.54, 1.807) is 13.3 Å². The Bertz CT molecular complexity index is 353. The van der Waals surface area contributed by atoms with E-state index in [0.29, 0.717) is 0 Å². The molecule has 1 aromatic heterocycles. The molecule has 1 aliphatic rings. The van der Waals surface area contributed by atoms with Crippen LogP contribution in [0.25, 0.3) is 0 Å². The van der Waals surface area contributed by atoms with Crippen molar-refractivity contribution in [3.05, 3.63) is 11.9 Å². The maximum Gasteiger partial charge on any atom is 0.161 e. The lowest BCUT2D eigenvalue weighted by Gasteiger charge is -2.21. The van der Waals surface area contributed by atoms with E-state index in [1.807, 2.05) is 4.68 Å². The quantitative estimate of drug-likeness (QED) is 0.585. The highest BCUT2D eigenvalue weighted by Crippen LogP contribution is 2.30. The minimum Gasteiger partial charge on any atom is -0.493 e. The van der Waals surface area contributed by atoms with Gasteiger partial charge in [0.2, 0.25) is 0 Å². The van der Waals surface area contributed by atoms with Gasteiger partial charge in [0.05, 0.1) is 31.1 Å². The van der Waals surface area contributed by atoms with Gasteiger partial charge in [-0.05, 0) is 26.2 Å². The Morgan fingerprint density at radius 3 is 3.11 bits per heavy atom. The summed E-state index contributed by atoms with van der Waals surface area (Å²) in [5, 5.41) is 4.30. The number of aryl methyl sites for hydroxylation is 1. The van der Waals surface area contributed by atoms with Crippen LogP contribution in [0.3, 0.4) is 0 Å². The number of hydrazine groups is 1. The van der Waals surface area contributed by atoms with Gasteiger partial charge in [0.25, 0.3) is 0 Å². The Hall–Kier alpha value is -1.11. The summed E-state index contributed by atoms with van der Waals surface area (Å²) in [6, 6.07) is 0.00509. The van der Waals surface area contributed by atoms with Crippen LogP contribution in [0, 0.1) is 0 Å². The summed E-state index contributed by atoms with van der Waals surface area (Å²) in [5.74, 6) is 6.46. The average molecular weight is 254 g/mol. The third-order valence-corrected chi connectivity index (χ3v) is 3.42. The van der Waals surface area contributed by atoms with Crippen molar-refractivity contribution in [1.29, 1.82) is 0 Å². The van der Waals surface area contributed by atoms with Gasteiger partial charge in [-0.2, -0.15) is 5.10 Å². The maximum absolute atomic E-state index is 5.69. The van der Waals surface area contributed by atoms with Crippen molar-refractivity contribution >= 4 is 0 Å². The number of rotatable bonds is 6. The van der Waals surface area contributed by atoms with E-state index >= 15 is 0 Å². The lowest BCUT2D eigenvalue weighted by molar-refractivity contribution is 0.0933. The third-order valence-electron chi connectivity index (χ3n) is 3.42. The zero-order valence-corrected chi connectivity index (χ0v) is 11.1. The number of hydrogen-bond donors (Lipinski definition) is 2. The van der Waals surface area contributed by atoms with Gasteiger partial charge in [0.15, 0.2) is 5.75 Å².